The van der Waals surface area contributed by atoms with Crippen LogP contribution in [-0.4, -0.2) is 43.8 Å². The molecule has 1 heterocycles. The van der Waals surface area contributed by atoms with Crippen LogP contribution in [0.2, 0.25) is 0 Å². The minimum absolute atomic E-state index is 0.155. The van der Waals surface area contributed by atoms with Crippen molar-refractivity contribution in [1.29, 1.82) is 0 Å². The van der Waals surface area contributed by atoms with Crippen LogP contribution in [0.3, 0.4) is 0 Å². The van der Waals surface area contributed by atoms with Gasteiger partial charge in [-0.1, -0.05) is 24.4 Å². The number of aliphatic carboxylic acids is 1. The third kappa shape index (κ3) is 3.47. The first kappa shape index (κ1) is 15.2. The van der Waals surface area contributed by atoms with Crippen molar-refractivity contribution in [2.75, 3.05) is 6.54 Å². The van der Waals surface area contributed by atoms with E-state index in [1.54, 1.807) is 18.2 Å². The van der Waals surface area contributed by atoms with Crippen LogP contribution >= 0.6 is 24.0 Å². The Labute approximate surface area is 129 Å². The SMILES string of the molecule is O=C(O)CN1C(=O)SC(=Cc2ccc(C(=O)O)cc2)C1=S. The van der Waals surface area contributed by atoms with E-state index in [1.165, 1.54) is 12.1 Å². The molecule has 0 saturated carbocycles. The van der Waals surface area contributed by atoms with Crippen LogP contribution in [0.15, 0.2) is 29.2 Å². The van der Waals surface area contributed by atoms with Crippen LogP contribution in [0.25, 0.3) is 6.08 Å². The van der Waals surface area contributed by atoms with E-state index in [9.17, 15) is 14.4 Å². The van der Waals surface area contributed by atoms with E-state index in [0.29, 0.717) is 10.5 Å². The van der Waals surface area contributed by atoms with E-state index in [2.05, 4.69) is 0 Å². The Kier molecular flexibility index (Phi) is 4.39. The average molecular weight is 323 g/mol. The molecule has 8 heteroatoms. The summed E-state index contributed by atoms with van der Waals surface area (Å²) in [5.41, 5.74) is 0.831. The molecule has 1 fully saturated rings. The van der Waals surface area contributed by atoms with Gasteiger partial charge in [-0.05, 0) is 35.5 Å². The van der Waals surface area contributed by atoms with Gasteiger partial charge in [0, 0.05) is 0 Å². The molecule has 0 aliphatic carbocycles. The Bertz CT molecular complexity index is 666. The smallest absolute Gasteiger partial charge is 0.335 e. The lowest BCUT2D eigenvalue weighted by atomic mass is 10.1. The summed E-state index contributed by atoms with van der Waals surface area (Å²) >= 11 is 5.94. The molecule has 1 aliphatic rings. The highest BCUT2D eigenvalue weighted by Crippen LogP contribution is 2.33. The van der Waals surface area contributed by atoms with Crippen LogP contribution in [0.4, 0.5) is 4.79 Å². The third-order valence-electron chi connectivity index (χ3n) is 2.62. The summed E-state index contributed by atoms with van der Waals surface area (Å²) in [5.74, 6) is -2.17. The maximum absolute atomic E-state index is 11.7. The summed E-state index contributed by atoms with van der Waals surface area (Å²) in [4.78, 5) is 34.8. The number of nitrogens with zero attached hydrogens (tertiary/aromatic N) is 1. The molecule has 0 spiro atoms. The molecule has 0 atom stereocenters. The second kappa shape index (κ2) is 6.06. The molecule has 1 aromatic carbocycles. The quantitative estimate of drug-likeness (QED) is 0.648. The number of carbonyl (C=O) groups is 3. The van der Waals surface area contributed by atoms with Crippen LogP contribution < -0.4 is 0 Å². The van der Waals surface area contributed by atoms with Gasteiger partial charge >= 0.3 is 11.9 Å². The molecule has 0 radical (unpaired) electrons. The van der Waals surface area contributed by atoms with Gasteiger partial charge in [0.05, 0.1) is 10.5 Å². The molecule has 2 rings (SSSR count). The fourth-order valence-corrected chi connectivity index (χ4v) is 2.88. The van der Waals surface area contributed by atoms with Crippen molar-refractivity contribution in [2.24, 2.45) is 0 Å². The number of carboxylic acids is 2. The summed E-state index contributed by atoms with van der Waals surface area (Å²) in [6, 6.07) is 6.05. The predicted molar refractivity (Wildman–Crippen MR) is 81.3 cm³/mol. The van der Waals surface area contributed by atoms with Crippen molar-refractivity contribution in [3.05, 3.63) is 40.3 Å². The molecule has 1 aliphatic heterocycles. The number of carboxylic acid groups (broad SMARTS) is 2. The standard InChI is InChI=1S/C13H9NO5S2/c15-10(16)6-14-11(20)9(21-13(14)19)5-7-1-3-8(4-2-7)12(17)18/h1-5H,6H2,(H,15,16)(H,17,18). The lowest BCUT2D eigenvalue weighted by molar-refractivity contribution is -0.136. The maximum atomic E-state index is 11.7. The van der Waals surface area contributed by atoms with Crippen molar-refractivity contribution in [1.82, 2.24) is 4.90 Å². The number of carbonyl (C=O) groups excluding carboxylic acids is 1. The van der Waals surface area contributed by atoms with E-state index >= 15 is 0 Å². The van der Waals surface area contributed by atoms with Gasteiger partial charge in [-0.3, -0.25) is 14.5 Å². The Hall–Kier alpha value is -2.19. The Morgan fingerprint density at radius 3 is 2.38 bits per heavy atom. The Morgan fingerprint density at radius 1 is 1.24 bits per heavy atom. The highest BCUT2D eigenvalue weighted by molar-refractivity contribution is 8.19. The Balaban J connectivity index is 2.22. The van der Waals surface area contributed by atoms with E-state index in [4.69, 9.17) is 22.4 Å². The maximum Gasteiger partial charge on any atom is 0.335 e. The van der Waals surface area contributed by atoms with E-state index < -0.39 is 23.7 Å². The number of amides is 1. The summed E-state index contributed by atoms with van der Waals surface area (Å²) in [7, 11) is 0. The van der Waals surface area contributed by atoms with Crippen LogP contribution in [0.5, 0.6) is 0 Å². The van der Waals surface area contributed by atoms with Gasteiger partial charge in [-0.25, -0.2) is 4.79 Å². The van der Waals surface area contributed by atoms with Crippen LogP contribution in [0.1, 0.15) is 15.9 Å². The second-order valence-corrected chi connectivity index (χ2v) is 5.47. The van der Waals surface area contributed by atoms with E-state index in [0.717, 1.165) is 16.7 Å². The van der Waals surface area contributed by atoms with E-state index in [1.807, 2.05) is 0 Å². The third-order valence-corrected chi connectivity index (χ3v) is 4.12. The number of thiocarbonyl (C=S) groups is 1. The van der Waals surface area contributed by atoms with Gasteiger partial charge in [0.2, 0.25) is 0 Å². The minimum Gasteiger partial charge on any atom is -0.480 e. The molecule has 6 nitrogen and oxygen atoms in total. The summed E-state index contributed by atoms with van der Waals surface area (Å²) in [6.45, 7) is -0.472. The first-order valence-corrected chi connectivity index (χ1v) is 6.91. The zero-order valence-electron chi connectivity index (χ0n) is 10.5. The number of hydrogen-bond acceptors (Lipinski definition) is 5. The van der Waals surface area contributed by atoms with E-state index in [-0.39, 0.29) is 10.6 Å². The van der Waals surface area contributed by atoms with Crippen LogP contribution in [-0.2, 0) is 4.79 Å². The first-order valence-electron chi connectivity index (χ1n) is 5.69. The van der Waals surface area contributed by atoms with Crippen molar-refractivity contribution in [3.63, 3.8) is 0 Å². The van der Waals surface area contributed by atoms with Crippen molar-refractivity contribution in [2.45, 2.75) is 0 Å². The summed E-state index contributed by atoms with van der Waals surface area (Å²) < 4.78 is 0. The largest absolute Gasteiger partial charge is 0.480 e. The fraction of sp³-hybridized carbons (Fsp3) is 0.0769. The molecular weight excluding hydrogens is 314 g/mol. The second-order valence-electron chi connectivity index (χ2n) is 4.09. The van der Waals surface area contributed by atoms with Gasteiger partial charge in [0.25, 0.3) is 5.24 Å². The molecule has 1 amide bonds. The molecule has 1 aromatic rings. The number of hydrogen-bond donors (Lipinski definition) is 2. The van der Waals surface area contributed by atoms with Gasteiger partial charge in [0.1, 0.15) is 11.5 Å². The molecular formula is C13H9NO5S2. The van der Waals surface area contributed by atoms with Gasteiger partial charge in [-0.2, -0.15) is 0 Å². The molecule has 2 N–H and O–H groups in total. The molecule has 108 valence electrons. The van der Waals surface area contributed by atoms with Gasteiger partial charge in [-0.15, -0.1) is 0 Å². The van der Waals surface area contributed by atoms with Crippen molar-refractivity contribution < 1.29 is 24.6 Å². The average Bonchev–Trinajstić information content (AvgIpc) is 2.67. The van der Waals surface area contributed by atoms with Crippen molar-refractivity contribution in [3.8, 4) is 0 Å². The Morgan fingerprint density at radius 2 is 1.86 bits per heavy atom. The molecule has 0 bridgehead atoms. The fourth-order valence-electron chi connectivity index (χ4n) is 1.64. The van der Waals surface area contributed by atoms with Crippen molar-refractivity contribution >= 4 is 52.2 Å². The number of aromatic carboxylic acids is 1. The first-order chi connectivity index (χ1) is 9.88. The summed E-state index contributed by atoms with van der Waals surface area (Å²) in [5, 5.41) is 17.1. The highest BCUT2D eigenvalue weighted by Gasteiger charge is 2.32. The van der Waals surface area contributed by atoms with Crippen LogP contribution in [0, 0.1) is 0 Å². The highest BCUT2D eigenvalue weighted by atomic mass is 32.2. The molecule has 1 saturated heterocycles. The lowest BCUT2D eigenvalue weighted by Crippen LogP contribution is -2.32. The lowest BCUT2D eigenvalue weighted by Gasteiger charge is -2.10. The monoisotopic (exact) mass is 323 g/mol. The topological polar surface area (TPSA) is 94.9 Å². The molecule has 0 aromatic heterocycles. The minimum atomic E-state index is -1.14. The normalized spacial score (nSPS) is 16.6. The van der Waals surface area contributed by atoms with Gasteiger partial charge in [0.15, 0.2) is 0 Å². The summed E-state index contributed by atoms with van der Waals surface area (Å²) in [6.07, 6.45) is 1.62. The zero-order chi connectivity index (χ0) is 15.6. The van der Waals surface area contributed by atoms with Gasteiger partial charge < -0.3 is 10.2 Å². The number of rotatable bonds is 4. The number of benzene rings is 1. The number of thioether (sulfide) groups is 1. The molecule has 0 unspecified atom stereocenters. The predicted octanol–water partition coefficient (Wildman–Crippen LogP) is 2.31. The zero-order valence-corrected chi connectivity index (χ0v) is 12.1. The molecule has 21 heavy (non-hydrogen) atoms.